The number of pyridine rings is 1. The maximum absolute atomic E-state index is 4.51. The number of fused-ring (bicyclic) bond motifs is 1. The standard InChI is InChI=1S/C18H19N3S/c1-3-15-11-14(5-6-17(15)19-7-1)12-21-9-2-4-16(13-21)18-20-8-10-22-18/h1,3,5-8,10-11,16H,2,4,9,12-13H2/t16-/m1/s1. The van der Waals surface area contributed by atoms with Gasteiger partial charge in [0, 0.05) is 42.2 Å². The summed E-state index contributed by atoms with van der Waals surface area (Å²) in [6.45, 7) is 3.33. The first-order chi connectivity index (χ1) is 10.9. The molecule has 4 heteroatoms. The van der Waals surface area contributed by atoms with E-state index < -0.39 is 0 Å². The van der Waals surface area contributed by atoms with Gasteiger partial charge in [-0.25, -0.2) is 4.98 Å². The Morgan fingerprint density at radius 2 is 2.18 bits per heavy atom. The van der Waals surface area contributed by atoms with Gasteiger partial charge in [-0.15, -0.1) is 11.3 Å². The van der Waals surface area contributed by atoms with Crippen molar-refractivity contribution in [3.05, 3.63) is 58.7 Å². The Kier molecular flexibility index (Phi) is 3.87. The minimum Gasteiger partial charge on any atom is -0.298 e. The zero-order chi connectivity index (χ0) is 14.8. The maximum Gasteiger partial charge on any atom is 0.0968 e. The predicted octanol–water partition coefficient (Wildman–Crippen LogP) is 4.07. The second kappa shape index (κ2) is 6.15. The van der Waals surface area contributed by atoms with Crippen molar-refractivity contribution >= 4 is 22.2 Å². The van der Waals surface area contributed by atoms with Gasteiger partial charge in [0.1, 0.15) is 0 Å². The molecular weight excluding hydrogens is 290 g/mol. The summed E-state index contributed by atoms with van der Waals surface area (Å²) >= 11 is 1.79. The molecule has 112 valence electrons. The minimum atomic E-state index is 0.607. The molecule has 1 aromatic carbocycles. The second-order valence-electron chi connectivity index (χ2n) is 5.98. The van der Waals surface area contributed by atoms with Crippen molar-refractivity contribution in [2.75, 3.05) is 13.1 Å². The normalized spacial score (nSPS) is 19.5. The van der Waals surface area contributed by atoms with E-state index in [1.165, 1.54) is 35.3 Å². The van der Waals surface area contributed by atoms with E-state index in [1.807, 2.05) is 18.5 Å². The van der Waals surface area contributed by atoms with Crippen LogP contribution in [0.2, 0.25) is 0 Å². The SMILES string of the molecule is c1cnc2ccc(CN3CCC[C@@H](c4nccs4)C3)cc2c1. The topological polar surface area (TPSA) is 29.0 Å². The molecule has 22 heavy (non-hydrogen) atoms. The van der Waals surface area contributed by atoms with Crippen molar-refractivity contribution in [3.8, 4) is 0 Å². The number of likely N-dealkylation sites (tertiary alicyclic amines) is 1. The van der Waals surface area contributed by atoms with Crippen molar-refractivity contribution < 1.29 is 0 Å². The van der Waals surface area contributed by atoms with Crippen LogP contribution in [0.4, 0.5) is 0 Å². The summed E-state index contributed by atoms with van der Waals surface area (Å²) in [5, 5.41) is 4.62. The highest BCUT2D eigenvalue weighted by Crippen LogP contribution is 2.29. The first-order valence-electron chi connectivity index (χ1n) is 7.84. The first kappa shape index (κ1) is 13.9. The Hall–Kier alpha value is -1.78. The van der Waals surface area contributed by atoms with E-state index in [1.54, 1.807) is 11.3 Å². The van der Waals surface area contributed by atoms with Gasteiger partial charge >= 0.3 is 0 Å². The number of aromatic nitrogens is 2. The van der Waals surface area contributed by atoms with Gasteiger partial charge in [-0.2, -0.15) is 0 Å². The number of nitrogens with zero attached hydrogens (tertiary/aromatic N) is 3. The number of thiazole rings is 1. The van der Waals surface area contributed by atoms with E-state index in [4.69, 9.17) is 0 Å². The first-order valence-corrected chi connectivity index (χ1v) is 8.72. The van der Waals surface area contributed by atoms with Gasteiger partial charge in [0.25, 0.3) is 0 Å². The van der Waals surface area contributed by atoms with Crippen LogP contribution in [0.25, 0.3) is 10.9 Å². The quantitative estimate of drug-likeness (QED) is 0.730. The highest BCUT2D eigenvalue weighted by Gasteiger charge is 2.23. The summed E-state index contributed by atoms with van der Waals surface area (Å²) in [6, 6.07) is 10.8. The molecule has 0 amide bonds. The molecular formula is C18H19N3S. The van der Waals surface area contributed by atoms with E-state index >= 15 is 0 Å². The number of hydrogen-bond donors (Lipinski definition) is 0. The summed E-state index contributed by atoms with van der Waals surface area (Å²) in [4.78, 5) is 11.5. The zero-order valence-electron chi connectivity index (χ0n) is 12.5. The van der Waals surface area contributed by atoms with Crippen LogP contribution >= 0.6 is 11.3 Å². The third kappa shape index (κ3) is 2.89. The third-order valence-corrected chi connectivity index (χ3v) is 5.32. The van der Waals surface area contributed by atoms with Crippen LogP contribution < -0.4 is 0 Å². The summed E-state index contributed by atoms with van der Waals surface area (Å²) < 4.78 is 0. The van der Waals surface area contributed by atoms with Gasteiger partial charge in [-0.3, -0.25) is 9.88 Å². The number of benzene rings is 1. The van der Waals surface area contributed by atoms with Crippen LogP contribution in [0, 0.1) is 0 Å². The molecule has 3 heterocycles. The second-order valence-corrected chi connectivity index (χ2v) is 6.90. The molecule has 4 rings (SSSR count). The molecule has 0 spiro atoms. The molecule has 0 radical (unpaired) electrons. The van der Waals surface area contributed by atoms with Crippen molar-refractivity contribution in [1.82, 2.24) is 14.9 Å². The lowest BCUT2D eigenvalue weighted by molar-refractivity contribution is 0.200. The average Bonchev–Trinajstić information content (AvgIpc) is 3.10. The van der Waals surface area contributed by atoms with Gasteiger partial charge in [0.15, 0.2) is 0 Å². The lowest BCUT2D eigenvalue weighted by Crippen LogP contribution is -2.33. The monoisotopic (exact) mass is 309 g/mol. The molecule has 0 bridgehead atoms. The largest absolute Gasteiger partial charge is 0.298 e. The maximum atomic E-state index is 4.51. The van der Waals surface area contributed by atoms with Gasteiger partial charge in [-0.1, -0.05) is 12.1 Å². The molecule has 0 aliphatic carbocycles. The van der Waals surface area contributed by atoms with Gasteiger partial charge in [-0.05, 0) is 43.1 Å². The smallest absolute Gasteiger partial charge is 0.0968 e. The van der Waals surface area contributed by atoms with Crippen LogP contribution in [0.1, 0.15) is 29.3 Å². The van der Waals surface area contributed by atoms with E-state index in [9.17, 15) is 0 Å². The minimum absolute atomic E-state index is 0.607. The van der Waals surface area contributed by atoms with Crippen LogP contribution in [0.3, 0.4) is 0 Å². The molecule has 0 N–H and O–H groups in total. The molecule has 1 aliphatic rings. The highest BCUT2D eigenvalue weighted by molar-refractivity contribution is 7.09. The molecule has 0 unspecified atom stereocenters. The molecule has 3 aromatic rings. The van der Waals surface area contributed by atoms with Crippen molar-refractivity contribution in [2.24, 2.45) is 0 Å². The molecule has 0 saturated carbocycles. The van der Waals surface area contributed by atoms with Crippen molar-refractivity contribution in [3.63, 3.8) is 0 Å². The van der Waals surface area contributed by atoms with Gasteiger partial charge in [0.05, 0.1) is 10.5 Å². The lowest BCUT2D eigenvalue weighted by atomic mass is 9.98. The summed E-state index contributed by atoms with van der Waals surface area (Å²) in [6.07, 6.45) is 6.31. The Morgan fingerprint density at radius 3 is 3.09 bits per heavy atom. The van der Waals surface area contributed by atoms with Gasteiger partial charge < -0.3 is 0 Å². The fourth-order valence-electron chi connectivity index (χ4n) is 3.32. The Balaban J connectivity index is 1.49. The third-order valence-electron chi connectivity index (χ3n) is 4.38. The van der Waals surface area contributed by atoms with Crippen LogP contribution in [0.15, 0.2) is 48.1 Å². The number of piperidine rings is 1. The predicted molar refractivity (Wildman–Crippen MR) is 91.1 cm³/mol. The fraction of sp³-hybridized carbons (Fsp3) is 0.333. The molecule has 1 aliphatic heterocycles. The van der Waals surface area contributed by atoms with Crippen LogP contribution in [-0.4, -0.2) is 28.0 Å². The van der Waals surface area contributed by atoms with E-state index in [2.05, 4.69) is 44.5 Å². The van der Waals surface area contributed by atoms with E-state index in [0.717, 1.165) is 18.6 Å². The van der Waals surface area contributed by atoms with Crippen molar-refractivity contribution in [2.45, 2.75) is 25.3 Å². The molecule has 2 aromatic heterocycles. The van der Waals surface area contributed by atoms with Crippen LogP contribution in [0.5, 0.6) is 0 Å². The van der Waals surface area contributed by atoms with Crippen LogP contribution in [-0.2, 0) is 6.54 Å². The van der Waals surface area contributed by atoms with Crippen molar-refractivity contribution in [1.29, 1.82) is 0 Å². The van der Waals surface area contributed by atoms with E-state index in [0.29, 0.717) is 5.92 Å². The summed E-state index contributed by atoms with van der Waals surface area (Å²) in [5.41, 5.74) is 2.45. The molecule has 1 saturated heterocycles. The van der Waals surface area contributed by atoms with Gasteiger partial charge in [0.2, 0.25) is 0 Å². The highest BCUT2D eigenvalue weighted by atomic mass is 32.1. The zero-order valence-corrected chi connectivity index (χ0v) is 13.3. The Labute approximate surface area is 134 Å². The Bertz CT molecular complexity index is 754. The molecule has 1 fully saturated rings. The summed E-state index contributed by atoms with van der Waals surface area (Å²) in [7, 11) is 0. The molecule has 3 nitrogen and oxygen atoms in total. The number of hydrogen-bond acceptors (Lipinski definition) is 4. The average molecular weight is 309 g/mol. The van der Waals surface area contributed by atoms with E-state index in [-0.39, 0.29) is 0 Å². The Morgan fingerprint density at radius 1 is 1.18 bits per heavy atom. The summed E-state index contributed by atoms with van der Waals surface area (Å²) in [5.74, 6) is 0.607. The fourth-order valence-corrected chi connectivity index (χ4v) is 4.09. The lowest BCUT2D eigenvalue weighted by Gasteiger charge is -2.31. The number of rotatable bonds is 3. The molecule has 1 atom stereocenters.